The molecule has 0 aliphatic heterocycles. The molecule has 164 valence electrons. The SMILES string of the molecule is CCCc1ccc(OCc2ccc(C(=O)NC(C)c3cc(OC)ccc3OC)o2)cc1. The number of benzene rings is 2. The molecule has 0 bridgehead atoms. The average Bonchev–Trinajstić information content (AvgIpc) is 3.27. The van der Waals surface area contributed by atoms with Crippen molar-refractivity contribution in [1.82, 2.24) is 5.32 Å². The molecule has 1 N–H and O–H groups in total. The van der Waals surface area contributed by atoms with E-state index >= 15 is 0 Å². The number of rotatable bonds is 10. The molecule has 0 radical (unpaired) electrons. The van der Waals surface area contributed by atoms with Crippen LogP contribution in [0.15, 0.2) is 59.0 Å². The molecule has 0 spiro atoms. The van der Waals surface area contributed by atoms with E-state index in [1.54, 1.807) is 26.4 Å². The zero-order valence-electron chi connectivity index (χ0n) is 18.4. The van der Waals surface area contributed by atoms with Crippen LogP contribution in [0.1, 0.15) is 53.8 Å². The van der Waals surface area contributed by atoms with Crippen LogP contribution in [0.25, 0.3) is 0 Å². The standard InChI is InChI=1S/C25H29NO5/c1-5-6-18-7-9-19(10-8-18)30-16-21-12-14-24(31-21)25(27)26-17(2)22-15-20(28-3)11-13-23(22)29-4/h7-15,17H,5-6,16H2,1-4H3,(H,26,27). The Kier molecular flexibility index (Phi) is 7.60. The summed E-state index contributed by atoms with van der Waals surface area (Å²) in [6.07, 6.45) is 2.16. The van der Waals surface area contributed by atoms with Crippen LogP contribution in [0.3, 0.4) is 0 Å². The minimum absolute atomic E-state index is 0.227. The Hall–Kier alpha value is -3.41. The van der Waals surface area contributed by atoms with Crippen LogP contribution >= 0.6 is 0 Å². The van der Waals surface area contributed by atoms with Crippen LogP contribution < -0.4 is 19.5 Å². The van der Waals surface area contributed by atoms with Gasteiger partial charge in [0, 0.05) is 5.56 Å². The van der Waals surface area contributed by atoms with E-state index in [2.05, 4.69) is 24.4 Å². The van der Waals surface area contributed by atoms with Gasteiger partial charge >= 0.3 is 0 Å². The fourth-order valence-corrected chi connectivity index (χ4v) is 3.30. The Labute approximate surface area is 183 Å². The molecule has 3 aromatic rings. The highest BCUT2D eigenvalue weighted by molar-refractivity contribution is 5.91. The van der Waals surface area contributed by atoms with Gasteiger partial charge in [-0.05, 0) is 61.4 Å². The number of furan rings is 1. The molecule has 0 aliphatic carbocycles. The van der Waals surface area contributed by atoms with Gasteiger partial charge in [-0.2, -0.15) is 0 Å². The van der Waals surface area contributed by atoms with Gasteiger partial charge < -0.3 is 23.9 Å². The number of amides is 1. The van der Waals surface area contributed by atoms with E-state index in [-0.39, 0.29) is 24.3 Å². The van der Waals surface area contributed by atoms with Gasteiger partial charge in [0.15, 0.2) is 5.76 Å². The molecule has 0 saturated carbocycles. The van der Waals surface area contributed by atoms with Crippen molar-refractivity contribution < 1.29 is 23.4 Å². The highest BCUT2D eigenvalue weighted by Gasteiger charge is 2.18. The van der Waals surface area contributed by atoms with Crippen molar-refractivity contribution in [2.45, 2.75) is 39.3 Å². The molecule has 0 fully saturated rings. The Balaban J connectivity index is 1.59. The van der Waals surface area contributed by atoms with Crippen LogP contribution in [-0.2, 0) is 13.0 Å². The predicted octanol–water partition coefficient (Wildman–Crippen LogP) is 5.32. The van der Waals surface area contributed by atoms with Crippen LogP contribution in [0.4, 0.5) is 0 Å². The zero-order chi connectivity index (χ0) is 22.2. The van der Waals surface area contributed by atoms with Crippen LogP contribution in [0.5, 0.6) is 17.2 Å². The summed E-state index contributed by atoms with van der Waals surface area (Å²) < 4.78 is 22.1. The normalized spacial score (nSPS) is 11.6. The van der Waals surface area contributed by atoms with Gasteiger partial charge in [0.05, 0.1) is 20.3 Å². The van der Waals surface area contributed by atoms with Crippen molar-refractivity contribution in [1.29, 1.82) is 0 Å². The van der Waals surface area contributed by atoms with E-state index in [1.165, 1.54) is 5.56 Å². The second-order valence-electron chi connectivity index (χ2n) is 7.25. The Morgan fingerprint density at radius 3 is 2.42 bits per heavy atom. The average molecular weight is 424 g/mol. The van der Waals surface area contributed by atoms with Gasteiger partial charge in [-0.1, -0.05) is 25.5 Å². The number of hydrogen-bond acceptors (Lipinski definition) is 5. The van der Waals surface area contributed by atoms with Gasteiger partial charge in [-0.3, -0.25) is 4.79 Å². The summed E-state index contributed by atoms with van der Waals surface area (Å²) in [5.41, 5.74) is 2.10. The first-order valence-corrected chi connectivity index (χ1v) is 10.4. The summed E-state index contributed by atoms with van der Waals surface area (Å²) in [5, 5.41) is 2.93. The molecule has 6 nitrogen and oxygen atoms in total. The molecular formula is C25H29NO5. The maximum Gasteiger partial charge on any atom is 0.287 e. The molecule has 0 saturated heterocycles. The van der Waals surface area contributed by atoms with E-state index in [9.17, 15) is 4.79 Å². The quantitative estimate of drug-likeness (QED) is 0.478. The largest absolute Gasteiger partial charge is 0.497 e. The first kappa shape index (κ1) is 22.3. The number of aryl methyl sites for hydroxylation is 1. The first-order valence-electron chi connectivity index (χ1n) is 10.4. The Morgan fingerprint density at radius 2 is 1.74 bits per heavy atom. The van der Waals surface area contributed by atoms with E-state index < -0.39 is 0 Å². The molecule has 31 heavy (non-hydrogen) atoms. The number of hydrogen-bond donors (Lipinski definition) is 1. The maximum absolute atomic E-state index is 12.7. The molecule has 1 unspecified atom stereocenters. The number of nitrogens with one attached hydrogen (secondary N) is 1. The molecule has 1 amide bonds. The van der Waals surface area contributed by atoms with E-state index in [4.69, 9.17) is 18.6 Å². The van der Waals surface area contributed by atoms with Gasteiger partial charge in [0.1, 0.15) is 29.6 Å². The molecule has 6 heteroatoms. The molecule has 2 aromatic carbocycles. The molecule has 3 rings (SSSR count). The lowest BCUT2D eigenvalue weighted by molar-refractivity contribution is 0.0907. The summed E-state index contributed by atoms with van der Waals surface area (Å²) in [6.45, 7) is 4.28. The molecule has 1 atom stereocenters. The first-order chi connectivity index (χ1) is 15.0. The number of methoxy groups -OCH3 is 2. The van der Waals surface area contributed by atoms with Crippen molar-refractivity contribution in [2.75, 3.05) is 14.2 Å². The van der Waals surface area contributed by atoms with Gasteiger partial charge in [0.25, 0.3) is 5.91 Å². The van der Waals surface area contributed by atoms with Gasteiger partial charge in [-0.25, -0.2) is 0 Å². The summed E-state index contributed by atoms with van der Waals surface area (Å²) in [7, 11) is 3.19. The maximum atomic E-state index is 12.7. The van der Waals surface area contributed by atoms with Crippen molar-refractivity contribution in [2.24, 2.45) is 0 Å². The third-order valence-electron chi connectivity index (χ3n) is 4.98. The topological polar surface area (TPSA) is 69.9 Å². The summed E-state index contributed by atoms with van der Waals surface area (Å²) in [5.74, 6) is 2.62. The fourth-order valence-electron chi connectivity index (χ4n) is 3.30. The summed E-state index contributed by atoms with van der Waals surface area (Å²) in [6, 6.07) is 16.6. The lowest BCUT2D eigenvalue weighted by Gasteiger charge is -2.17. The smallest absolute Gasteiger partial charge is 0.287 e. The number of ether oxygens (including phenoxy) is 3. The lowest BCUT2D eigenvalue weighted by Crippen LogP contribution is -2.26. The van der Waals surface area contributed by atoms with Crippen LogP contribution in [0, 0.1) is 0 Å². The number of carbonyl (C=O) groups excluding carboxylic acids is 1. The minimum atomic E-state index is -0.312. The van der Waals surface area contributed by atoms with E-state index in [1.807, 2.05) is 37.3 Å². The highest BCUT2D eigenvalue weighted by atomic mass is 16.5. The van der Waals surface area contributed by atoms with Gasteiger partial charge in [0.2, 0.25) is 0 Å². The lowest BCUT2D eigenvalue weighted by atomic mass is 10.1. The fraction of sp³-hybridized carbons (Fsp3) is 0.320. The van der Waals surface area contributed by atoms with E-state index in [0.29, 0.717) is 17.3 Å². The molecule has 0 aliphatic rings. The Morgan fingerprint density at radius 1 is 1.00 bits per heavy atom. The van der Waals surface area contributed by atoms with E-state index in [0.717, 1.165) is 24.2 Å². The monoisotopic (exact) mass is 423 g/mol. The van der Waals surface area contributed by atoms with Crippen molar-refractivity contribution in [3.63, 3.8) is 0 Å². The van der Waals surface area contributed by atoms with Crippen LogP contribution in [-0.4, -0.2) is 20.1 Å². The van der Waals surface area contributed by atoms with Crippen molar-refractivity contribution >= 4 is 5.91 Å². The predicted molar refractivity (Wildman–Crippen MR) is 119 cm³/mol. The minimum Gasteiger partial charge on any atom is -0.497 e. The molecular weight excluding hydrogens is 394 g/mol. The molecule has 1 heterocycles. The van der Waals surface area contributed by atoms with Crippen molar-refractivity contribution in [3.8, 4) is 17.2 Å². The third-order valence-corrected chi connectivity index (χ3v) is 4.98. The number of carbonyl (C=O) groups is 1. The third kappa shape index (κ3) is 5.81. The molecule has 1 aromatic heterocycles. The van der Waals surface area contributed by atoms with Gasteiger partial charge in [-0.15, -0.1) is 0 Å². The zero-order valence-corrected chi connectivity index (χ0v) is 18.4. The van der Waals surface area contributed by atoms with Crippen LogP contribution in [0.2, 0.25) is 0 Å². The second kappa shape index (κ2) is 10.6. The highest BCUT2D eigenvalue weighted by Crippen LogP contribution is 2.29. The Bertz CT molecular complexity index is 993. The summed E-state index contributed by atoms with van der Waals surface area (Å²) >= 11 is 0. The second-order valence-corrected chi connectivity index (χ2v) is 7.25. The van der Waals surface area contributed by atoms with Crippen molar-refractivity contribution in [3.05, 3.63) is 77.2 Å². The summed E-state index contributed by atoms with van der Waals surface area (Å²) in [4.78, 5) is 12.7.